The molecule has 0 bridgehead atoms. The predicted octanol–water partition coefficient (Wildman–Crippen LogP) is 3.46. The Hall–Kier alpha value is -0.830. The summed E-state index contributed by atoms with van der Waals surface area (Å²) in [4.78, 5) is 9.33. The molecule has 1 rings (SSSR count). The minimum Gasteiger partial charge on any atom is -0.404 e. The summed E-state index contributed by atoms with van der Waals surface area (Å²) in [6.45, 7) is 4.07. The van der Waals surface area contributed by atoms with E-state index in [0.29, 0.717) is 5.75 Å². The Morgan fingerprint density at radius 1 is 1.41 bits per heavy atom. The van der Waals surface area contributed by atoms with Gasteiger partial charge in [-0.3, -0.25) is 9.42 Å². The van der Waals surface area contributed by atoms with Crippen molar-refractivity contribution in [2.24, 2.45) is 0 Å². The highest BCUT2D eigenvalue weighted by Gasteiger charge is 2.22. The molecule has 0 aromatic heterocycles. The highest BCUT2D eigenvalue weighted by molar-refractivity contribution is 7.47. The van der Waals surface area contributed by atoms with Gasteiger partial charge in [0.1, 0.15) is 5.75 Å². The lowest BCUT2D eigenvalue weighted by molar-refractivity contribution is 0.242. The van der Waals surface area contributed by atoms with Gasteiger partial charge in [-0.1, -0.05) is 25.5 Å². The third-order valence-electron chi connectivity index (χ3n) is 2.59. The maximum absolute atomic E-state index is 11.4. The fraction of sp³-hybridized carbons (Fsp3) is 0.500. The van der Waals surface area contributed by atoms with E-state index >= 15 is 0 Å². The van der Waals surface area contributed by atoms with Crippen LogP contribution in [0.3, 0.4) is 0 Å². The summed E-state index contributed by atoms with van der Waals surface area (Å²) in [6.07, 6.45) is 2.92. The van der Waals surface area contributed by atoms with Crippen LogP contribution in [-0.2, 0) is 15.5 Å². The highest BCUT2D eigenvalue weighted by atomic mass is 31.2. The molecule has 4 nitrogen and oxygen atoms in total. The first-order chi connectivity index (χ1) is 8.00. The van der Waals surface area contributed by atoms with Crippen LogP contribution in [0.15, 0.2) is 18.2 Å². The molecule has 1 unspecified atom stereocenters. The van der Waals surface area contributed by atoms with Crippen LogP contribution < -0.4 is 4.52 Å². The lowest BCUT2D eigenvalue weighted by atomic mass is 10.0. The van der Waals surface area contributed by atoms with Gasteiger partial charge >= 0.3 is 7.82 Å². The number of unbranched alkanes of at least 4 members (excludes halogenated alkanes) is 1. The number of benzene rings is 1. The lowest BCUT2D eigenvalue weighted by Crippen LogP contribution is -1.99. The summed E-state index contributed by atoms with van der Waals surface area (Å²) in [5, 5.41) is 0. The summed E-state index contributed by atoms with van der Waals surface area (Å²) in [5.41, 5.74) is 2.03. The maximum Gasteiger partial charge on any atom is 0.527 e. The average molecular weight is 258 g/mol. The van der Waals surface area contributed by atoms with Gasteiger partial charge < -0.3 is 4.52 Å². The van der Waals surface area contributed by atoms with Crippen LogP contribution >= 0.6 is 7.82 Å². The van der Waals surface area contributed by atoms with Crippen molar-refractivity contribution in [3.05, 3.63) is 29.3 Å². The molecule has 0 saturated heterocycles. The maximum atomic E-state index is 11.4. The number of hydrogen-bond donors (Lipinski definition) is 1. The molecule has 1 aromatic rings. The van der Waals surface area contributed by atoms with E-state index in [1.165, 1.54) is 0 Å². The van der Waals surface area contributed by atoms with Crippen LogP contribution in [0.5, 0.6) is 5.75 Å². The summed E-state index contributed by atoms with van der Waals surface area (Å²) < 4.78 is 20.9. The van der Waals surface area contributed by atoms with Crippen molar-refractivity contribution < 1.29 is 18.5 Å². The van der Waals surface area contributed by atoms with Gasteiger partial charge in [0, 0.05) is 7.11 Å². The first-order valence-electron chi connectivity index (χ1n) is 5.66. The Kier molecular flexibility index (Phi) is 5.19. The van der Waals surface area contributed by atoms with Gasteiger partial charge in [0.2, 0.25) is 0 Å². The van der Waals surface area contributed by atoms with Gasteiger partial charge in [-0.05, 0) is 37.0 Å². The molecule has 0 heterocycles. The van der Waals surface area contributed by atoms with E-state index in [1.807, 2.05) is 13.0 Å². The van der Waals surface area contributed by atoms with Crippen molar-refractivity contribution in [1.82, 2.24) is 0 Å². The fourth-order valence-corrected chi connectivity index (χ4v) is 2.09. The molecular formula is C12H19O4P. The fourth-order valence-electron chi connectivity index (χ4n) is 1.60. The summed E-state index contributed by atoms with van der Waals surface area (Å²) >= 11 is 0. The second-order valence-electron chi connectivity index (χ2n) is 3.90. The van der Waals surface area contributed by atoms with E-state index in [0.717, 1.165) is 37.5 Å². The van der Waals surface area contributed by atoms with E-state index in [4.69, 9.17) is 4.52 Å². The Morgan fingerprint density at radius 2 is 2.12 bits per heavy atom. The van der Waals surface area contributed by atoms with E-state index < -0.39 is 7.82 Å². The standard InChI is InChI=1S/C12H19O4P/c1-4-5-8-11-10(2)7-6-9-12(11)16-17(13,14)15-3/h6-7,9H,4-5,8H2,1-3H3,(H,13,14). The van der Waals surface area contributed by atoms with Crippen molar-refractivity contribution in [3.63, 3.8) is 0 Å². The Bertz CT molecular complexity index is 417. The number of phosphoric acid groups is 1. The minimum atomic E-state index is -3.97. The second-order valence-corrected chi connectivity index (χ2v) is 5.38. The third kappa shape index (κ3) is 4.15. The van der Waals surface area contributed by atoms with Crippen LogP contribution in [0, 0.1) is 6.92 Å². The van der Waals surface area contributed by atoms with Crippen LogP contribution in [0.4, 0.5) is 0 Å². The third-order valence-corrected chi connectivity index (χ3v) is 3.48. The number of aryl methyl sites for hydroxylation is 1. The minimum absolute atomic E-state index is 0.436. The molecule has 17 heavy (non-hydrogen) atoms. The molecule has 1 N–H and O–H groups in total. The second kappa shape index (κ2) is 6.20. The highest BCUT2D eigenvalue weighted by Crippen LogP contribution is 2.44. The van der Waals surface area contributed by atoms with Crippen molar-refractivity contribution in [2.75, 3.05) is 7.11 Å². The summed E-state index contributed by atoms with van der Waals surface area (Å²) in [5.74, 6) is 0.436. The predicted molar refractivity (Wildman–Crippen MR) is 67.3 cm³/mol. The SMILES string of the molecule is CCCCc1c(C)cccc1OP(=O)(O)OC. The van der Waals surface area contributed by atoms with Crippen molar-refractivity contribution in [3.8, 4) is 5.75 Å². The van der Waals surface area contributed by atoms with Crippen molar-refractivity contribution in [2.45, 2.75) is 33.1 Å². The molecule has 0 amide bonds. The summed E-state index contributed by atoms with van der Waals surface area (Å²) in [7, 11) is -2.82. The molecule has 0 radical (unpaired) electrons. The Balaban J connectivity index is 2.98. The largest absolute Gasteiger partial charge is 0.527 e. The first kappa shape index (κ1) is 14.2. The van der Waals surface area contributed by atoms with Gasteiger partial charge in [0.25, 0.3) is 0 Å². The molecule has 1 atom stereocenters. The van der Waals surface area contributed by atoms with E-state index in [-0.39, 0.29) is 0 Å². The molecular weight excluding hydrogens is 239 g/mol. The number of hydrogen-bond acceptors (Lipinski definition) is 3. The zero-order valence-corrected chi connectivity index (χ0v) is 11.4. The molecule has 0 aliphatic heterocycles. The van der Waals surface area contributed by atoms with Crippen molar-refractivity contribution >= 4 is 7.82 Å². The topological polar surface area (TPSA) is 55.8 Å². The molecule has 1 aromatic carbocycles. The van der Waals surface area contributed by atoms with Gasteiger partial charge in [-0.15, -0.1) is 0 Å². The number of rotatable bonds is 6. The quantitative estimate of drug-likeness (QED) is 0.794. The first-order valence-corrected chi connectivity index (χ1v) is 7.16. The Labute approximate surface area is 102 Å². The van der Waals surface area contributed by atoms with E-state index in [2.05, 4.69) is 11.4 Å². The monoisotopic (exact) mass is 258 g/mol. The van der Waals surface area contributed by atoms with Gasteiger partial charge in [-0.25, -0.2) is 4.57 Å². The van der Waals surface area contributed by atoms with Gasteiger partial charge in [-0.2, -0.15) is 0 Å². The summed E-state index contributed by atoms with van der Waals surface area (Å²) in [6, 6.07) is 5.46. The van der Waals surface area contributed by atoms with Crippen LogP contribution in [0.2, 0.25) is 0 Å². The zero-order chi connectivity index (χ0) is 12.9. The zero-order valence-electron chi connectivity index (χ0n) is 10.5. The van der Waals surface area contributed by atoms with Gasteiger partial charge in [0.05, 0.1) is 0 Å². The lowest BCUT2D eigenvalue weighted by Gasteiger charge is -2.15. The van der Waals surface area contributed by atoms with Crippen LogP contribution in [0.25, 0.3) is 0 Å². The van der Waals surface area contributed by atoms with Crippen LogP contribution in [0.1, 0.15) is 30.9 Å². The normalized spacial score (nSPS) is 14.4. The van der Waals surface area contributed by atoms with Gasteiger partial charge in [0.15, 0.2) is 0 Å². The molecule has 0 aliphatic rings. The smallest absolute Gasteiger partial charge is 0.404 e. The number of phosphoric ester groups is 1. The molecule has 96 valence electrons. The Morgan fingerprint density at radius 3 is 2.71 bits per heavy atom. The van der Waals surface area contributed by atoms with Crippen LogP contribution in [-0.4, -0.2) is 12.0 Å². The molecule has 0 spiro atoms. The van der Waals surface area contributed by atoms with E-state index in [9.17, 15) is 9.46 Å². The molecule has 0 saturated carbocycles. The average Bonchev–Trinajstić information content (AvgIpc) is 2.28. The molecule has 0 fully saturated rings. The molecule has 0 aliphatic carbocycles. The molecule has 5 heteroatoms. The van der Waals surface area contributed by atoms with E-state index in [1.54, 1.807) is 12.1 Å². The van der Waals surface area contributed by atoms with Crippen molar-refractivity contribution in [1.29, 1.82) is 0 Å².